The number of fused-ring (bicyclic) bond motifs is 1. The van der Waals surface area contributed by atoms with E-state index in [2.05, 4.69) is 10.3 Å². The second kappa shape index (κ2) is 7.84. The van der Waals surface area contributed by atoms with Gasteiger partial charge in [-0.1, -0.05) is 30.3 Å². The van der Waals surface area contributed by atoms with Crippen LogP contribution in [-0.4, -0.2) is 34.2 Å². The molecule has 3 aromatic rings. The van der Waals surface area contributed by atoms with Crippen LogP contribution in [0.1, 0.15) is 26.9 Å². The summed E-state index contributed by atoms with van der Waals surface area (Å²) in [4.78, 5) is 17.2. The van der Waals surface area contributed by atoms with Crippen molar-refractivity contribution in [2.45, 2.75) is 21.6 Å². The van der Waals surface area contributed by atoms with Crippen LogP contribution < -0.4 is 5.32 Å². The number of carbonyl (C=O) groups is 1. The number of aromatic nitrogens is 1. The average Bonchev–Trinajstić information content (AvgIpc) is 3.05. The fraction of sp³-hybridized carbons (Fsp3) is 0.143. The number of carbonyl (C=O) groups excluding carboxylic acids is 1. The van der Waals surface area contributed by atoms with Crippen LogP contribution in [0.3, 0.4) is 0 Å². The van der Waals surface area contributed by atoms with E-state index in [1.165, 1.54) is 30.3 Å². The highest BCUT2D eigenvalue weighted by molar-refractivity contribution is 8.25. The van der Waals surface area contributed by atoms with Crippen LogP contribution in [0.2, 0.25) is 0 Å². The quantitative estimate of drug-likeness (QED) is 0.553. The molecule has 0 bridgehead atoms. The Morgan fingerprint density at radius 2 is 1.77 bits per heavy atom. The van der Waals surface area contributed by atoms with Gasteiger partial charge in [-0.25, -0.2) is 8.42 Å². The van der Waals surface area contributed by atoms with Crippen molar-refractivity contribution in [3.8, 4) is 0 Å². The van der Waals surface area contributed by atoms with Gasteiger partial charge in [0.15, 0.2) is 9.84 Å². The van der Waals surface area contributed by atoms with Gasteiger partial charge in [0.1, 0.15) is 5.25 Å². The number of nitrogens with zero attached hydrogens (tertiary/aromatic N) is 1. The summed E-state index contributed by atoms with van der Waals surface area (Å²) >= 11 is 0. The Kier molecular flexibility index (Phi) is 5.37. The molecule has 2 aromatic carbocycles. The molecule has 1 unspecified atom stereocenters. The minimum absolute atomic E-state index is 0.0711. The molecule has 156 valence electrons. The normalized spacial score (nSPS) is 18.4. The summed E-state index contributed by atoms with van der Waals surface area (Å²) in [6, 6.07) is 17.7. The van der Waals surface area contributed by atoms with E-state index in [4.69, 9.17) is 0 Å². The van der Waals surface area contributed by atoms with Crippen molar-refractivity contribution in [3.05, 3.63) is 89.7 Å². The van der Waals surface area contributed by atoms with Gasteiger partial charge in [0.2, 0.25) is 0 Å². The molecule has 3 N–H and O–H groups in total. The first kappa shape index (κ1) is 20.5. The van der Waals surface area contributed by atoms with Gasteiger partial charge in [-0.15, -0.1) is 0 Å². The lowest BCUT2D eigenvalue weighted by Gasteiger charge is -2.27. The number of sulfone groups is 1. The predicted molar refractivity (Wildman–Crippen MR) is 114 cm³/mol. The highest BCUT2D eigenvalue weighted by Gasteiger charge is 2.45. The van der Waals surface area contributed by atoms with Crippen LogP contribution >= 0.6 is 10.6 Å². The number of hydrogen-bond acceptors (Lipinski definition) is 6. The lowest BCUT2D eigenvalue weighted by molar-refractivity contribution is 0.0949. The Hall–Kier alpha value is -2.72. The third-order valence-corrected chi connectivity index (χ3v) is 9.12. The Balaban J connectivity index is 1.74. The molecule has 1 aliphatic rings. The van der Waals surface area contributed by atoms with Crippen molar-refractivity contribution >= 4 is 26.3 Å². The lowest BCUT2D eigenvalue weighted by Crippen LogP contribution is -2.26. The first-order valence-electron chi connectivity index (χ1n) is 9.16. The SMILES string of the molecule is O=C(NCc1ccccn1)c1cccc2c1C(S(=O)(=O)c1ccccc1)CS2(O)O. The first-order chi connectivity index (χ1) is 14.3. The molecule has 4 rings (SSSR count). The zero-order chi connectivity index (χ0) is 21.4. The molecule has 30 heavy (non-hydrogen) atoms. The second-order valence-electron chi connectivity index (χ2n) is 6.90. The van der Waals surface area contributed by atoms with E-state index < -0.39 is 31.6 Å². The minimum atomic E-state index is -3.94. The largest absolute Gasteiger partial charge is 0.346 e. The Bertz CT molecular complexity index is 1180. The molecule has 1 aliphatic heterocycles. The zero-order valence-electron chi connectivity index (χ0n) is 15.8. The van der Waals surface area contributed by atoms with Crippen LogP contribution in [0.5, 0.6) is 0 Å². The third kappa shape index (κ3) is 3.72. The van der Waals surface area contributed by atoms with Crippen molar-refractivity contribution in [3.63, 3.8) is 0 Å². The molecule has 1 atom stereocenters. The van der Waals surface area contributed by atoms with Crippen LogP contribution in [-0.2, 0) is 16.4 Å². The van der Waals surface area contributed by atoms with E-state index in [0.717, 1.165) is 0 Å². The average molecular weight is 445 g/mol. The van der Waals surface area contributed by atoms with Crippen molar-refractivity contribution in [2.75, 3.05) is 5.75 Å². The van der Waals surface area contributed by atoms with Crippen molar-refractivity contribution in [2.24, 2.45) is 0 Å². The molecule has 9 heteroatoms. The summed E-state index contributed by atoms with van der Waals surface area (Å²) in [5.74, 6) is -0.868. The second-order valence-corrected chi connectivity index (χ2v) is 11.1. The number of amides is 1. The molecule has 2 heterocycles. The molecule has 1 aromatic heterocycles. The van der Waals surface area contributed by atoms with E-state index in [9.17, 15) is 22.3 Å². The van der Waals surface area contributed by atoms with Gasteiger partial charge in [0, 0.05) is 17.3 Å². The summed E-state index contributed by atoms with van der Waals surface area (Å²) in [5, 5.41) is 1.51. The van der Waals surface area contributed by atoms with Gasteiger partial charge in [-0.2, -0.15) is 10.6 Å². The molecule has 7 nitrogen and oxygen atoms in total. The Morgan fingerprint density at radius 1 is 1.03 bits per heavy atom. The molecule has 0 saturated carbocycles. The highest BCUT2D eigenvalue weighted by atomic mass is 32.3. The molecule has 0 fully saturated rings. The molecule has 1 amide bonds. The van der Waals surface area contributed by atoms with Gasteiger partial charge in [0.25, 0.3) is 5.91 Å². The van der Waals surface area contributed by atoms with Gasteiger partial charge < -0.3 is 5.32 Å². The fourth-order valence-corrected chi connectivity index (χ4v) is 7.99. The standard InChI is InChI=1S/C21H20N2O5S2/c24-21(23-13-15-7-4-5-12-22-15)17-10-6-11-18-20(17)19(14-29(18,25)26)30(27,28)16-8-2-1-3-9-16/h1-12,19,25-26H,13-14H2,(H,23,24). The number of rotatable bonds is 5. The molecule has 0 saturated heterocycles. The summed E-state index contributed by atoms with van der Waals surface area (Å²) in [7, 11) is -7.28. The first-order valence-corrected chi connectivity index (χ1v) is 12.4. The van der Waals surface area contributed by atoms with E-state index in [-0.39, 0.29) is 33.2 Å². The van der Waals surface area contributed by atoms with Crippen molar-refractivity contribution in [1.29, 1.82) is 0 Å². The number of pyridine rings is 1. The maximum absolute atomic E-state index is 13.3. The number of hydrogen-bond donors (Lipinski definition) is 3. The zero-order valence-corrected chi connectivity index (χ0v) is 17.4. The number of benzene rings is 2. The smallest absolute Gasteiger partial charge is 0.251 e. The third-order valence-electron chi connectivity index (χ3n) is 4.97. The topological polar surface area (TPSA) is 117 Å². The fourth-order valence-electron chi connectivity index (χ4n) is 3.53. The maximum Gasteiger partial charge on any atom is 0.251 e. The highest BCUT2D eigenvalue weighted by Crippen LogP contribution is 2.62. The van der Waals surface area contributed by atoms with E-state index in [0.29, 0.717) is 5.69 Å². The number of nitrogens with one attached hydrogen (secondary N) is 1. The van der Waals surface area contributed by atoms with E-state index >= 15 is 0 Å². The summed E-state index contributed by atoms with van der Waals surface area (Å²) in [6.07, 6.45) is 1.61. The monoisotopic (exact) mass is 444 g/mol. The van der Waals surface area contributed by atoms with E-state index in [1.807, 2.05) is 0 Å². The van der Waals surface area contributed by atoms with Crippen LogP contribution in [0.15, 0.2) is 82.7 Å². The maximum atomic E-state index is 13.3. The van der Waals surface area contributed by atoms with Crippen LogP contribution in [0.25, 0.3) is 0 Å². The molecular weight excluding hydrogens is 424 g/mol. The predicted octanol–water partition coefficient (Wildman–Crippen LogP) is 3.65. The molecule has 0 spiro atoms. The van der Waals surface area contributed by atoms with Crippen LogP contribution in [0, 0.1) is 0 Å². The van der Waals surface area contributed by atoms with Crippen molar-refractivity contribution < 1.29 is 22.3 Å². The molecule has 0 aliphatic carbocycles. The summed E-state index contributed by atoms with van der Waals surface area (Å²) in [5.41, 5.74) is 0.918. The summed E-state index contributed by atoms with van der Waals surface area (Å²) in [6.45, 7) is 0.162. The Labute approximate surface area is 176 Å². The molecular formula is C21H20N2O5S2. The van der Waals surface area contributed by atoms with Crippen LogP contribution in [0.4, 0.5) is 0 Å². The Morgan fingerprint density at radius 3 is 2.47 bits per heavy atom. The van der Waals surface area contributed by atoms with Crippen molar-refractivity contribution in [1.82, 2.24) is 10.3 Å². The van der Waals surface area contributed by atoms with Gasteiger partial charge >= 0.3 is 0 Å². The summed E-state index contributed by atoms with van der Waals surface area (Å²) < 4.78 is 47.7. The molecule has 0 radical (unpaired) electrons. The van der Waals surface area contributed by atoms with E-state index in [1.54, 1.807) is 42.6 Å². The van der Waals surface area contributed by atoms with Gasteiger partial charge in [-0.05, 0) is 36.4 Å². The minimum Gasteiger partial charge on any atom is -0.346 e. The van der Waals surface area contributed by atoms with Gasteiger partial charge in [-0.3, -0.25) is 18.9 Å². The van der Waals surface area contributed by atoms with Gasteiger partial charge in [0.05, 0.1) is 27.8 Å². The lowest BCUT2D eigenvalue weighted by atomic mass is 10.0.